The van der Waals surface area contributed by atoms with E-state index in [1.54, 1.807) is 19.9 Å². The first-order valence-corrected chi connectivity index (χ1v) is 5.69. The summed E-state index contributed by atoms with van der Waals surface area (Å²) in [5.41, 5.74) is 0.682. The van der Waals surface area contributed by atoms with Crippen LogP contribution in [0.1, 0.15) is 26.3 Å². The molecule has 0 bridgehead atoms. The Morgan fingerprint density at radius 2 is 2.06 bits per heavy atom. The molecule has 0 saturated carbocycles. The van der Waals surface area contributed by atoms with Gasteiger partial charge in [-0.1, -0.05) is 13.0 Å². The summed E-state index contributed by atoms with van der Waals surface area (Å²) < 4.78 is 13.1. The Bertz CT molecular complexity index is 416. The number of anilines is 1. The second-order valence-corrected chi connectivity index (χ2v) is 4.57. The molecule has 0 aliphatic heterocycles. The zero-order chi connectivity index (χ0) is 13.1. The smallest absolute Gasteiger partial charge is 0.244 e. The molecule has 17 heavy (non-hydrogen) atoms. The van der Waals surface area contributed by atoms with Crippen molar-refractivity contribution in [3.8, 4) is 0 Å². The average molecular weight is 238 g/mol. The average Bonchev–Trinajstić information content (AvgIpc) is 2.23. The van der Waals surface area contributed by atoms with Gasteiger partial charge in [-0.25, -0.2) is 4.39 Å². The lowest BCUT2D eigenvalue weighted by atomic mass is 10.0. The Morgan fingerprint density at radius 3 is 2.65 bits per heavy atom. The van der Waals surface area contributed by atoms with Gasteiger partial charge in [0.25, 0.3) is 0 Å². The summed E-state index contributed by atoms with van der Waals surface area (Å²) in [5, 5.41) is 5.80. The molecule has 0 heterocycles. The van der Waals surface area contributed by atoms with Gasteiger partial charge in [-0.3, -0.25) is 4.79 Å². The van der Waals surface area contributed by atoms with E-state index < -0.39 is 5.54 Å². The third-order valence-electron chi connectivity index (χ3n) is 2.63. The molecule has 1 aromatic rings. The summed E-state index contributed by atoms with van der Waals surface area (Å²) in [6.07, 6.45) is 0. The second-order valence-electron chi connectivity index (χ2n) is 4.57. The van der Waals surface area contributed by atoms with Crippen LogP contribution >= 0.6 is 0 Å². The number of likely N-dealkylation sites (N-methyl/N-ethyl adjacent to an activating group) is 1. The number of amides is 1. The van der Waals surface area contributed by atoms with Crippen LogP contribution in [-0.2, 0) is 4.79 Å². The summed E-state index contributed by atoms with van der Waals surface area (Å²) in [6, 6.07) is 4.35. The SMILES string of the molecule is CCNC(C)(C)C(=O)Nc1cc(F)ccc1C. The Balaban J connectivity index is 2.84. The highest BCUT2D eigenvalue weighted by atomic mass is 19.1. The lowest BCUT2D eigenvalue weighted by Gasteiger charge is -2.24. The maximum absolute atomic E-state index is 13.1. The first-order valence-electron chi connectivity index (χ1n) is 5.69. The summed E-state index contributed by atoms with van der Waals surface area (Å²) >= 11 is 0. The molecule has 4 heteroatoms. The van der Waals surface area contributed by atoms with Crippen LogP contribution in [-0.4, -0.2) is 18.0 Å². The van der Waals surface area contributed by atoms with Gasteiger partial charge in [-0.05, 0) is 45.0 Å². The highest BCUT2D eigenvalue weighted by molar-refractivity contribution is 5.98. The number of nitrogens with one attached hydrogen (secondary N) is 2. The molecule has 0 aliphatic carbocycles. The molecule has 0 spiro atoms. The maximum atomic E-state index is 13.1. The van der Waals surface area contributed by atoms with Crippen LogP contribution < -0.4 is 10.6 Å². The fourth-order valence-electron chi connectivity index (χ4n) is 1.53. The second kappa shape index (κ2) is 5.27. The van der Waals surface area contributed by atoms with E-state index in [9.17, 15) is 9.18 Å². The van der Waals surface area contributed by atoms with E-state index in [1.807, 2.05) is 13.8 Å². The number of rotatable bonds is 4. The molecular weight excluding hydrogens is 219 g/mol. The van der Waals surface area contributed by atoms with Crippen LogP contribution in [0.5, 0.6) is 0 Å². The molecule has 0 fully saturated rings. The van der Waals surface area contributed by atoms with Gasteiger partial charge < -0.3 is 10.6 Å². The fourth-order valence-corrected chi connectivity index (χ4v) is 1.53. The Labute approximate surface area is 101 Å². The molecule has 2 N–H and O–H groups in total. The van der Waals surface area contributed by atoms with Crippen molar-refractivity contribution >= 4 is 11.6 Å². The number of hydrogen-bond donors (Lipinski definition) is 2. The molecule has 3 nitrogen and oxygen atoms in total. The normalized spacial score (nSPS) is 11.4. The number of carbonyl (C=O) groups is 1. The lowest BCUT2D eigenvalue weighted by Crippen LogP contribution is -2.49. The molecule has 1 amide bonds. The molecule has 0 atom stereocenters. The predicted octanol–water partition coefficient (Wildman–Crippen LogP) is 2.46. The molecule has 1 aromatic carbocycles. The summed E-state index contributed by atoms with van der Waals surface area (Å²) in [5.74, 6) is -0.528. The largest absolute Gasteiger partial charge is 0.324 e. The van der Waals surface area contributed by atoms with Crippen LogP contribution in [0.2, 0.25) is 0 Å². The van der Waals surface area contributed by atoms with Crippen LogP contribution in [0.25, 0.3) is 0 Å². The van der Waals surface area contributed by atoms with Crippen molar-refractivity contribution in [2.75, 3.05) is 11.9 Å². The number of benzene rings is 1. The molecule has 0 radical (unpaired) electrons. The Kier molecular flexibility index (Phi) is 4.23. The van der Waals surface area contributed by atoms with Crippen molar-refractivity contribution in [2.24, 2.45) is 0 Å². The minimum Gasteiger partial charge on any atom is -0.324 e. The maximum Gasteiger partial charge on any atom is 0.244 e. The fraction of sp³-hybridized carbons (Fsp3) is 0.462. The molecular formula is C13H19FN2O. The zero-order valence-corrected chi connectivity index (χ0v) is 10.7. The molecule has 1 rings (SSSR count). The van der Waals surface area contributed by atoms with Crippen molar-refractivity contribution in [1.82, 2.24) is 5.32 Å². The first kappa shape index (κ1) is 13.6. The van der Waals surface area contributed by atoms with Crippen molar-refractivity contribution in [2.45, 2.75) is 33.2 Å². The van der Waals surface area contributed by atoms with E-state index in [4.69, 9.17) is 0 Å². The standard InChI is InChI=1S/C13H19FN2O/c1-5-15-13(3,4)12(17)16-11-8-10(14)7-6-9(11)2/h6-8,15H,5H2,1-4H3,(H,16,17). The third kappa shape index (κ3) is 3.53. The molecule has 0 unspecified atom stereocenters. The quantitative estimate of drug-likeness (QED) is 0.846. The third-order valence-corrected chi connectivity index (χ3v) is 2.63. The Hall–Kier alpha value is -1.42. The zero-order valence-electron chi connectivity index (χ0n) is 10.7. The summed E-state index contributed by atoms with van der Waals surface area (Å²) in [7, 11) is 0. The number of carbonyl (C=O) groups excluding carboxylic acids is 1. The van der Waals surface area contributed by atoms with E-state index in [1.165, 1.54) is 12.1 Å². The van der Waals surface area contributed by atoms with E-state index in [-0.39, 0.29) is 11.7 Å². The van der Waals surface area contributed by atoms with Crippen LogP contribution in [0.3, 0.4) is 0 Å². The van der Waals surface area contributed by atoms with Crippen molar-refractivity contribution in [3.63, 3.8) is 0 Å². The number of halogens is 1. The minimum absolute atomic E-state index is 0.173. The highest BCUT2D eigenvalue weighted by Gasteiger charge is 2.26. The van der Waals surface area contributed by atoms with E-state index in [2.05, 4.69) is 10.6 Å². The summed E-state index contributed by atoms with van der Waals surface area (Å²) in [6.45, 7) is 8.04. The lowest BCUT2D eigenvalue weighted by molar-refractivity contribution is -0.121. The monoisotopic (exact) mass is 238 g/mol. The number of hydrogen-bond acceptors (Lipinski definition) is 2. The van der Waals surface area contributed by atoms with Crippen LogP contribution in [0, 0.1) is 12.7 Å². The molecule has 94 valence electrons. The molecule has 0 aromatic heterocycles. The van der Waals surface area contributed by atoms with Crippen LogP contribution in [0.15, 0.2) is 18.2 Å². The van der Waals surface area contributed by atoms with Gasteiger partial charge in [0.15, 0.2) is 0 Å². The van der Waals surface area contributed by atoms with Gasteiger partial charge in [-0.15, -0.1) is 0 Å². The summed E-state index contributed by atoms with van der Waals surface area (Å²) in [4.78, 5) is 12.0. The van der Waals surface area contributed by atoms with Gasteiger partial charge in [0.05, 0.1) is 5.54 Å². The van der Waals surface area contributed by atoms with Gasteiger partial charge in [0, 0.05) is 5.69 Å². The highest BCUT2D eigenvalue weighted by Crippen LogP contribution is 2.17. The van der Waals surface area contributed by atoms with E-state index in [0.717, 1.165) is 5.56 Å². The number of aryl methyl sites for hydroxylation is 1. The molecule has 0 aliphatic rings. The van der Waals surface area contributed by atoms with Crippen molar-refractivity contribution < 1.29 is 9.18 Å². The predicted molar refractivity (Wildman–Crippen MR) is 67.5 cm³/mol. The van der Waals surface area contributed by atoms with Gasteiger partial charge in [-0.2, -0.15) is 0 Å². The first-order chi connectivity index (χ1) is 7.86. The molecule has 0 saturated heterocycles. The Morgan fingerprint density at radius 1 is 1.41 bits per heavy atom. The van der Waals surface area contributed by atoms with E-state index in [0.29, 0.717) is 12.2 Å². The van der Waals surface area contributed by atoms with E-state index >= 15 is 0 Å². The van der Waals surface area contributed by atoms with Crippen LogP contribution in [0.4, 0.5) is 10.1 Å². The van der Waals surface area contributed by atoms with Gasteiger partial charge in [0.2, 0.25) is 5.91 Å². The van der Waals surface area contributed by atoms with Gasteiger partial charge in [0.1, 0.15) is 5.82 Å². The van der Waals surface area contributed by atoms with Crippen molar-refractivity contribution in [3.05, 3.63) is 29.6 Å². The topological polar surface area (TPSA) is 41.1 Å². The van der Waals surface area contributed by atoms with Gasteiger partial charge >= 0.3 is 0 Å². The minimum atomic E-state index is -0.673. The van der Waals surface area contributed by atoms with Crippen molar-refractivity contribution in [1.29, 1.82) is 0 Å².